The van der Waals surface area contributed by atoms with Crippen molar-refractivity contribution >= 4 is 23.6 Å². The van der Waals surface area contributed by atoms with Crippen LogP contribution in [0.1, 0.15) is 18.1 Å². The average Bonchev–Trinajstić information content (AvgIpc) is 2.71. The minimum absolute atomic E-state index is 0.0709. The molecule has 4 nitrogen and oxygen atoms in total. The van der Waals surface area contributed by atoms with E-state index in [-0.39, 0.29) is 17.7 Å². The van der Waals surface area contributed by atoms with Crippen LogP contribution >= 0.6 is 11.8 Å². The van der Waals surface area contributed by atoms with Crippen LogP contribution in [-0.4, -0.2) is 39.1 Å². The van der Waals surface area contributed by atoms with Crippen LogP contribution < -0.4 is 0 Å². The number of thioether (sulfide) groups is 1. The normalized spacial score (nSPS) is 22.5. The molecule has 1 aliphatic rings. The fourth-order valence-electron chi connectivity index (χ4n) is 2.30. The lowest BCUT2D eigenvalue weighted by Crippen LogP contribution is -2.45. The molecule has 1 N–H and O–H groups in total. The second kappa shape index (κ2) is 5.65. The second-order valence-corrected chi connectivity index (χ2v) is 6.10. The number of benzene rings is 1. The van der Waals surface area contributed by atoms with Gasteiger partial charge < -0.3 is 10.0 Å². The van der Waals surface area contributed by atoms with Gasteiger partial charge in [0.2, 0.25) is 5.91 Å². The van der Waals surface area contributed by atoms with Crippen molar-refractivity contribution in [2.24, 2.45) is 0 Å². The monoisotopic (exact) mass is 279 g/mol. The van der Waals surface area contributed by atoms with Crippen molar-refractivity contribution in [1.29, 1.82) is 0 Å². The van der Waals surface area contributed by atoms with E-state index in [1.807, 2.05) is 38.1 Å². The Labute approximate surface area is 116 Å². The van der Waals surface area contributed by atoms with Crippen molar-refractivity contribution in [2.75, 3.05) is 5.75 Å². The Balaban J connectivity index is 2.12. The van der Waals surface area contributed by atoms with Crippen LogP contribution in [0.15, 0.2) is 24.3 Å². The molecule has 1 amide bonds. The van der Waals surface area contributed by atoms with Gasteiger partial charge in [0.1, 0.15) is 6.04 Å². The van der Waals surface area contributed by atoms with Gasteiger partial charge in [0.15, 0.2) is 0 Å². The predicted octanol–water partition coefficient (Wildman–Crippen LogP) is 1.91. The number of aliphatic carboxylic acids is 1. The second-order valence-electron chi connectivity index (χ2n) is 4.75. The number of amides is 1. The summed E-state index contributed by atoms with van der Waals surface area (Å²) in [6, 6.07) is 7.05. The molecule has 2 unspecified atom stereocenters. The summed E-state index contributed by atoms with van der Waals surface area (Å²) in [4.78, 5) is 25.0. The van der Waals surface area contributed by atoms with E-state index >= 15 is 0 Å². The molecule has 1 heterocycles. The molecule has 1 aliphatic heterocycles. The van der Waals surface area contributed by atoms with Gasteiger partial charge >= 0.3 is 5.97 Å². The van der Waals surface area contributed by atoms with Crippen LogP contribution in [0, 0.1) is 6.92 Å². The molecule has 1 saturated heterocycles. The maximum atomic E-state index is 12.3. The number of carbonyl (C=O) groups is 2. The van der Waals surface area contributed by atoms with Gasteiger partial charge in [-0.15, -0.1) is 11.8 Å². The third kappa shape index (κ3) is 3.10. The lowest BCUT2D eigenvalue weighted by atomic mass is 10.1. The number of hydrogen-bond donors (Lipinski definition) is 1. The number of carboxylic acid groups (broad SMARTS) is 1. The van der Waals surface area contributed by atoms with Gasteiger partial charge in [-0.25, -0.2) is 4.79 Å². The first-order valence-corrected chi connectivity index (χ1v) is 7.25. The summed E-state index contributed by atoms with van der Waals surface area (Å²) in [5.74, 6) is -0.569. The van der Waals surface area contributed by atoms with E-state index in [4.69, 9.17) is 5.11 Å². The Kier molecular flexibility index (Phi) is 4.14. The number of rotatable bonds is 3. The first-order valence-electron chi connectivity index (χ1n) is 6.20. The quantitative estimate of drug-likeness (QED) is 0.918. The van der Waals surface area contributed by atoms with Gasteiger partial charge in [-0.3, -0.25) is 4.79 Å². The van der Waals surface area contributed by atoms with Crippen LogP contribution in [0.5, 0.6) is 0 Å². The summed E-state index contributed by atoms with van der Waals surface area (Å²) in [5.41, 5.74) is 2.03. The van der Waals surface area contributed by atoms with E-state index in [1.165, 1.54) is 16.7 Å². The molecule has 0 aliphatic carbocycles. The number of carboxylic acids is 1. The van der Waals surface area contributed by atoms with E-state index in [1.54, 1.807) is 0 Å². The van der Waals surface area contributed by atoms with Crippen molar-refractivity contribution in [3.8, 4) is 0 Å². The molecule has 5 heteroatoms. The van der Waals surface area contributed by atoms with E-state index in [0.717, 1.165) is 11.1 Å². The Morgan fingerprint density at radius 3 is 2.84 bits per heavy atom. The fraction of sp³-hybridized carbons (Fsp3) is 0.429. The number of aryl methyl sites for hydroxylation is 1. The third-order valence-corrected chi connectivity index (χ3v) is 4.45. The molecule has 0 saturated carbocycles. The van der Waals surface area contributed by atoms with Crippen LogP contribution in [-0.2, 0) is 16.0 Å². The Morgan fingerprint density at radius 2 is 2.21 bits per heavy atom. The summed E-state index contributed by atoms with van der Waals surface area (Å²) in [6.45, 7) is 3.85. The molecular weight excluding hydrogens is 262 g/mol. The number of carbonyl (C=O) groups excluding carboxylic acids is 1. The molecule has 0 aromatic heterocycles. The Hall–Kier alpha value is -1.49. The van der Waals surface area contributed by atoms with Crippen molar-refractivity contribution in [1.82, 2.24) is 4.90 Å². The maximum absolute atomic E-state index is 12.3. The molecular formula is C14H17NO3S. The number of nitrogens with zero attached hydrogens (tertiary/aromatic N) is 1. The van der Waals surface area contributed by atoms with Crippen molar-refractivity contribution in [3.63, 3.8) is 0 Å². The first-order chi connectivity index (χ1) is 8.99. The van der Waals surface area contributed by atoms with Gasteiger partial charge in [0, 0.05) is 5.75 Å². The maximum Gasteiger partial charge on any atom is 0.327 e. The lowest BCUT2D eigenvalue weighted by Gasteiger charge is -2.25. The topological polar surface area (TPSA) is 57.6 Å². The van der Waals surface area contributed by atoms with E-state index < -0.39 is 12.0 Å². The van der Waals surface area contributed by atoms with Gasteiger partial charge in [-0.05, 0) is 19.4 Å². The van der Waals surface area contributed by atoms with Crippen LogP contribution in [0.3, 0.4) is 0 Å². The molecule has 0 bridgehead atoms. The van der Waals surface area contributed by atoms with E-state index in [0.29, 0.717) is 5.75 Å². The Bertz CT molecular complexity index is 503. The molecule has 1 aromatic rings. The highest BCUT2D eigenvalue weighted by atomic mass is 32.2. The van der Waals surface area contributed by atoms with Gasteiger partial charge in [0.25, 0.3) is 0 Å². The van der Waals surface area contributed by atoms with Crippen LogP contribution in [0.2, 0.25) is 0 Å². The zero-order valence-corrected chi connectivity index (χ0v) is 11.8. The summed E-state index contributed by atoms with van der Waals surface area (Å²) in [5, 5.41) is 9.08. The number of hydrogen-bond acceptors (Lipinski definition) is 3. The highest BCUT2D eigenvalue weighted by molar-refractivity contribution is 8.00. The fourth-order valence-corrected chi connectivity index (χ4v) is 3.49. The van der Waals surface area contributed by atoms with Crippen molar-refractivity contribution in [3.05, 3.63) is 35.4 Å². The summed E-state index contributed by atoms with van der Waals surface area (Å²) in [7, 11) is 0. The van der Waals surface area contributed by atoms with E-state index in [9.17, 15) is 9.59 Å². The zero-order chi connectivity index (χ0) is 14.0. The van der Waals surface area contributed by atoms with Gasteiger partial charge in [-0.1, -0.05) is 29.8 Å². The molecule has 2 rings (SSSR count). The molecule has 0 radical (unpaired) electrons. The molecule has 102 valence electrons. The minimum atomic E-state index is -0.922. The highest BCUT2D eigenvalue weighted by Gasteiger charge is 2.39. The minimum Gasteiger partial charge on any atom is -0.480 e. The molecule has 1 aromatic carbocycles. The summed E-state index contributed by atoms with van der Waals surface area (Å²) in [6.07, 6.45) is 0.260. The first kappa shape index (κ1) is 13.9. The largest absolute Gasteiger partial charge is 0.480 e. The Morgan fingerprint density at radius 1 is 1.47 bits per heavy atom. The molecule has 0 spiro atoms. The molecule has 2 atom stereocenters. The smallest absolute Gasteiger partial charge is 0.327 e. The van der Waals surface area contributed by atoms with E-state index in [2.05, 4.69) is 0 Å². The summed E-state index contributed by atoms with van der Waals surface area (Å²) >= 11 is 1.51. The predicted molar refractivity (Wildman–Crippen MR) is 75.1 cm³/mol. The highest BCUT2D eigenvalue weighted by Crippen LogP contribution is 2.29. The summed E-state index contributed by atoms with van der Waals surface area (Å²) < 4.78 is 0. The SMILES string of the molecule is Cc1cccc(CC(=O)N2C(C)SCC2C(=O)O)c1. The van der Waals surface area contributed by atoms with Crippen molar-refractivity contribution < 1.29 is 14.7 Å². The van der Waals surface area contributed by atoms with Crippen LogP contribution in [0.4, 0.5) is 0 Å². The van der Waals surface area contributed by atoms with Crippen molar-refractivity contribution in [2.45, 2.75) is 31.7 Å². The van der Waals surface area contributed by atoms with Gasteiger partial charge in [0.05, 0.1) is 11.8 Å². The van der Waals surface area contributed by atoms with Crippen LogP contribution in [0.25, 0.3) is 0 Å². The molecule has 1 fully saturated rings. The average molecular weight is 279 g/mol. The molecule has 19 heavy (non-hydrogen) atoms. The lowest BCUT2D eigenvalue weighted by molar-refractivity contribution is -0.148. The third-order valence-electron chi connectivity index (χ3n) is 3.23. The van der Waals surface area contributed by atoms with Gasteiger partial charge in [-0.2, -0.15) is 0 Å². The standard InChI is InChI=1S/C14H17NO3S/c1-9-4-3-5-11(6-9)7-13(16)15-10(2)19-8-12(15)14(17)18/h3-6,10,12H,7-8H2,1-2H3,(H,17,18). The zero-order valence-electron chi connectivity index (χ0n) is 11.0.